The van der Waals surface area contributed by atoms with Crippen molar-refractivity contribution in [2.24, 2.45) is 0 Å². The van der Waals surface area contributed by atoms with Crippen LogP contribution >= 0.6 is 31.9 Å². The number of alkyl halides is 2. The van der Waals surface area contributed by atoms with Crippen LogP contribution in [0.3, 0.4) is 0 Å². The quantitative estimate of drug-likeness (QED) is 0.696. The summed E-state index contributed by atoms with van der Waals surface area (Å²) in [5.41, 5.74) is 1.23. The number of ether oxygens (including phenoxy) is 1. The lowest BCUT2D eigenvalue weighted by molar-refractivity contribution is 0.0359. The number of halogens is 2. The Balaban J connectivity index is 2.34. The van der Waals surface area contributed by atoms with Gasteiger partial charge < -0.3 is 4.74 Å². The molecule has 0 amide bonds. The standard InChI is InChI=1S/C12H16Br2O/c1-2-11(8-12(13)14)15-9-10-6-4-3-5-7-10/h3-7,11-12H,2,8-9H2,1H3. The highest BCUT2D eigenvalue weighted by Crippen LogP contribution is 2.19. The molecule has 0 heterocycles. The Kier molecular flexibility index (Phi) is 6.53. The molecule has 1 unspecified atom stereocenters. The lowest BCUT2D eigenvalue weighted by Crippen LogP contribution is -2.14. The topological polar surface area (TPSA) is 9.23 Å². The molecule has 0 radical (unpaired) electrons. The summed E-state index contributed by atoms with van der Waals surface area (Å²) in [5, 5.41) is 0. The molecule has 0 saturated heterocycles. The van der Waals surface area contributed by atoms with Crippen LogP contribution in [0.5, 0.6) is 0 Å². The molecular formula is C12H16Br2O. The van der Waals surface area contributed by atoms with Crippen molar-refractivity contribution in [2.45, 2.75) is 36.2 Å². The third-order valence-corrected chi connectivity index (χ3v) is 2.97. The smallest absolute Gasteiger partial charge is 0.0722 e. The van der Waals surface area contributed by atoms with Gasteiger partial charge in [-0.25, -0.2) is 0 Å². The van der Waals surface area contributed by atoms with Crippen molar-refractivity contribution in [2.75, 3.05) is 0 Å². The fourth-order valence-electron chi connectivity index (χ4n) is 1.34. The van der Waals surface area contributed by atoms with Gasteiger partial charge in [-0.3, -0.25) is 0 Å². The predicted octanol–water partition coefficient (Wildman–Crippen LogP) is 4.49. The van der Waals surface area contributed by atoms with E-state index in [9.17, 15) is 0 Å². The molecule has 0 aliphatic carbocycles. The molecule has 1 nitrogen and oxygen atoms in total. The van der Waals surface area contributed by atoms with E-state index in [2.05, 4.69) is 50.9 Å². The van der Waals surface area contributed by atoms with E-state index >= 15 is 0 Å². The maximum Gasteiger partial charge on any atom is 0.0722 e. The van der Waals surface area contributed by atoms with E-state index in [4.69, 9.17) is 4.74 Å². The summed E-state index contributed by atoms with van der Waals surface area (Å²) < 4.78 is 6.17. The Morgan fingerprint density at radius 1 is 1.20 bits per heavy atom. The van der Waals surface area contributed by atoms with Gasteiger partial charge in [0.05, 0.1) is 16.4 Å². The van der Waals surface area contributed by atoms with Gasteiger partial charge in [0.1, 0.15) is 0 Å². The van der Waals surface area contributed by atoms with Gasteiger partial charge in [0.2, 0.25) is 0 Å². The van der Waals surface area contributed by atoms with Crippen molar-refractivity contribution in [1.82, 2.24) is 0 Å². The molecule has 0 fully saturated rings. The molecule has 0 aliphatic heterocycles. The second kappa shape index (κ2) is 7.42. The van der Waals surface area contributed by atoms with Crippen molar-refractivity contribution in [3.8, 4) is 0 Å². The first-order valence-corrected chi connectivity index (χ1v) is 6.99. The zero-order valence-electron chi connectivity index (χ0n) is 8.83. The fraction of sp³-hybridized carbons (Fsp3) is 0.500. The van der Waals surface area contributed by atoms with Crippen LogP contribution in [0.1, 0.15) is 25.3 Å². The van der Waals surface area contributed by atoms with Gasteiger partial charge in [0.15, 0.2) is 0 Å². The zero-order valence-corrected chi connectivity index (χ0v) is 12.0. The van der Waals surface area contributed by atoms with Gasteiger partial charge in [0, 0.05) is 0 Å². The molecule has 1 aromatic carbocycles. The van der Waals surface area contributed by atoms with E-state index < -0.39 is 0 Å². The zero-order chi connectivity index (χ0) is 11.1. The van der Waals surface area contributed by atoms with Crippen LogP contribution in [0.15, 0.2) is 30.3 Å². The van der Waals surface area contributed by atoms with Crippen LogP contribution < -0.4 is 0 Å². The molecule has 1 aromatic rings. The van der Waals surface area contributed by atoms with E-state index in [0.717, 1.165) is 12.8 Å². The molecule has 0 aromatic heterocycles. The first kappa shape index (κ1) is 13.2. The van der Waals surface area contributed by atoms with Crippen molar-refractivity contribution >= 4 is 31.9 Å². The molecule has 84 valence electrons. The van der Waals surface area contributed by atoms with Crippen molar-refractivity contribution in [3.63, 3.8) is 0 Å². The first-order chi connectivity index (χ1) is 7.22. The highest BCUT2D eigenvalue weighted by Gasteiger charge is 2.10. The normalized spacial score (nSPS) is 13.1. The predicted molar refractivity (Wildman–Crippen MR) is 71.6 cm³/mol. The largest absolute Gasteiger partial charge is 0.373 e. The highest BCUT2D eigenvalue weighted by atomic mass is 79.9. The second-order valence-electron chi connectivity index (χ2n) is 3.45. The van der Waals surface area contributed by atoms with E-state index in [1.165, 1.54) is 5.56 Å². The van der Waals surface area contributed by atoms with Gasteiger partial charge in [0.25, 0.3) is 0 Å². The second-order valence-corrected chi connectivity index (χ2v) is 6.89. The van der Waals surface area contributed by atoms with Gasteiger partial charge in [-0.15, -0.1) is 0 Å². The minimum absolute atomic E-state index is 0.314. The Morgan fingerprint density at radius 3 is 2.40 bits per heavy atom. The lowest BCUT2D eigenvalue weighted by Gasteiger charge is -2.16. The minimum Gasteiger partial charge on any atom is -0.373 e. The van der Waals surface area contributed by atoms with Crippen molar-refractivity contribution < 1.29 is 4.74 Å². The highest BCUT2D eigenvalue weighted by molar-refractivity contribution is 9.24. The van der Waals surface area contributed by atoms with Crippen LogP contribution in [0.2, 0.25) is 0 Å². The Labute approximate surface area is 108 Å². The maximum absolute atomic E-state index is 5.83. The molecular weight excluding hydrogens is 320 g/mol. The average molecular weight is 336 g/mol. The molecule has 0 saturated carbocycles. The number of hydrogen-bond donors (Lipinski definition) is 0. The number of rotatable bonds is 6. The summed E-state index contributed by atoms with van der Waals surface area (Å²) in [6.45, 7) is 2.85. The fourth-order valence-corrected chi connectivity index (χ4v) is 2.17. The minimum atomic E-state index is 0.314. The van der Waals surface area contributed by atoms with Crippen molar-refractivity contribution in [1.29, 1.82) is 0 Å². The summed E-state index contributed by atoms with van der Waals surface area (Å²) in [6.07, 6.45) is 2.35. The van der Waals surface area contributed by atoms with E-state index in [-0.39, 0.29) is 0 Å². The van der Waals surface area contributed by atoms with Crippen LogP contribution in [0.25, 0.3) is 0 Å². The lowest BCUT2D eigenvalue weighted by atomic mass is 10.2. The summed E-state index contributed by atoms with van der Waals surface area (Å²) in [4.78, 5) is 0. The molecule has 0 spiro atoms. The Hall–Kier alpha value is 0.140. The molecule has 3 heteroatoms. The monoisotopic (exact) mass is 334 g/mol. The van der Waals surface area contributed by atoms with E-state index in [1.54, 1.807) is 0 Å². The molecule has 1 rings (SSSR count). The van der Waals surface area contributed by atoms with Gasteiger partial charge in [-0.2, -0.15) is 0 Å². The van der Waals surface area contributed by atoms with Crippen molar-refractivity contribution in [3.05, 3.63) is 35.9 Å². The van der Waals surface area contributed by atoms with Gasteiger partial charge in [-0.1, -0.05) is 69.1 Å². The summed E-state index contributed by atoms with van der Waals surface area (Å²) in [5.74, 6) is 0. The number of benzene rings is 1. The third kappa shape index (κ3) is 5.69. The summed E-state index contributed by atoms with van der Waals surface area (Å²) in [6, 6.07) is 10.3. The van der Waals surface area contributed by atoms with E-state index in [0.29, 0.717) is 16.4 Å². The first-order valence-electron chi connectivity index (χ1n) is 5.16. The van der Waals surface area contributed by atoms with Crippen LogP contribution in [0, 0.1) is 0 Å². The molecule has 1 atom stereocenters. The summed E-state index contributed by atoms with van der Waals surface area (Å²) >= 11 is 6.96. The summed E-state index contributed by atoms with van der Waals surface area (Å²) in [7, 11) is 0. The molecule has 0 aliphatic rings. The molecule has 15 heavy (non-hydrogen) atoms. The molecule has 0 N–H and O–H groups in total. The van der Waals surface area contributed by atoms with Crippen LogP contribution in [0.4, 0.5) is 0 Å². The van der Waals surface area contributed by atoms with Gasteiger partial charge >= 0.3 is 0 Å². The van der Waals surface area contributed by atoms with E-state index in [1.807, 2.05) is 18.2 Å². The number of hydrogen-bond acceptors (Lipinski definition) is 1. The SMILES string of the molecule is CCC(CC(Br)Br)OCc1ccccc1. The Morgan fingerprint density at radius 2 is 1.87 bits per heavy atom. The average Bonchev–Trinajstić information content (AvgIpc) is 2.25. The molecule has 0 bridgehead atoms. The Bertz CT molecular complexity index is 262. The van der Waals surface area contributed by atoms with Gasteiger partial charge in [-0.05, 0) is 18.4 Å². The third-order valence-electron chi connectivity index (χ3n) is 2.22. The van der Waals surface area contributed by atoms with Crippen LogP contribution in [-0.4, -0.2) is 9.84 Å². The van der Waals surface area contributed by atoms with Crippen LogP contribution in [-0.2, 0) is 11.3 Å². The maximum atomic E-state index is 5.83.